The van der Waals surface area contributed by atoms with Crippen LogP contribution in [0, 0.1) is 5.92 Å². The predicted octanol–water partition coefficient (Wildman–Crippen LogP) is 3.75. The number of anilines is 1. The van der Waals surface area contributed by atoms with Gasteiger partial charge in [0.05, 0.1) is 0 Å². The Balaban J connectivity index is 1.12. The van der Waals surface area contributed by atoms with E-state index in [1.54, 1.807) is 0 Å². The predicted molar refractivity (Wildman–Crippen MR) is 114 cm³/mol. The summed E-state index contributed by atoms with van der Waals surface area (Å²) >= 11 is 0. The number of carbonyl (C=O) groups excluding carboxylic acids is 1. The van der Waals surface area contributed by atoms with Gasteiger partial charge in [-0.1, -0.05) is 30.3 Å². The number of hydrogen-bond donors (Lipinski definition) is 2. The molecule has 2 aromatic rings. The van der Waals surface area contributed by atoms with Crippen LogP contribution in [0.4, 0.5) is 10.5 Å². The Hall–Kier alpha value is -2.73. The second-order valence-electron chi connectivity index (χ2n) is 7.78. The molecule has 2 aromatic carbocycles. The Bertz CT molecular complexity index is 791. The average Bonchev–Trinajstić information content (AvgIpc) is 2.76. The van der Waals surface area contributed by atoms with E-state index in [2.05, 4.69) is 15.5 Å². The highest BCUT2D eigenvalue weighted by atomic mass is 16.6. The maximum Gasteiger partial charge on any atom is 0.319 e. The van der Waals surface area contributed by atoms with Crippen molar-refractivity contribution in [3.8, 4) is 11.5 Å². The number of piperidine rings is 1. The number of nitrogens with zero attached hydrogens (tertiary/aromatic N) is 1. The van der Waals surface area contributed by atoms with E-state index in [-0.39, 0.29) is 12.1 Å². The molecular weight excluding hydrogens is 366 g/mol. The molecule has 1 atom stereocenters. The third-order valence-electron chi connectivity index (χ3n) is 5.61. The van der Waals surface area contributed by atoms with Gasteiger partial charge in [-0.3, -0.25) is 4.90 Å². The zero-order valence-corrected chi connectivity index (χ0v) is 16.7. The number of likely N-dealkylation sites (tertiary alicyclic amines) is 1. The third-order valence-corrected chi connectivity index (χ3v) is 5.61. The summed E-state index contributed by atoms with van der Waals surface area (Å²) < 4.78 is 11.9. The second-order valence-corrected chi connectivity index (χ2v) is 7.78. The standard InChI is InChI=1S/C23H29N3O3/c27-23(25-19-6-2-1-3-7-19)24-13-10-18-11-14-26(15-12-18)16-20-17-28-21-8-4-5-9-22(21)29-20/h1-9,18,20H,10-17H2,(H2,24,25,27). The second kappa shape index (κ2) is 9.65. The molecule has 2 heterocycles. The number of hydrogen-bond acceptors (Lipinski definition) is 4. The van der Waals surface area contributed by atoms with Crippen LogP contribution in [0.15, 0.2) is 54.6 Å². The largest absolute Gasteiger partial charge is 0.486 e. The molecule has 0 bridgehead atoms. The molecule has 2 aliphatic heterocycles. The minimum atomic E-state index is -0.136. The summed E-state index contributed by atoms with van der Waals surface area (Å²) in [7, 11) is 0. The zero-order chi connectivity index (χ0) is 19.9. The molecule has 154 valence electrons. The summed E-state index contributed by atoms with van der Waals surface area (Å²) in [5.74, 6) is 2.34. The number of amides is 2. The first-order valence-electron chi connectivity index (χ1n) is 10.5. The molecule has 4 rings (SSSR count). The molecule has 1 unspecified atom stereocenters. The molecule has 29 heavy (non-hydrogen) atoms. The fourth-order valence-electron chi connectivity index (χ4n) is 3.99. The Labute approximate surface area is 172 Å². The smallest absolute Gasteiger partial charge is 0.319 e. The Morgan fingerprint density at radius 2 is 1.72 bits per heavy atom. The van der Waals surface area contributed by atoms with E-state index in [9.17, 15) is 4.79 Å². The van der Waals surface area contributed by atoms with Gasteiger partial charge in [0.15, 0.2) is 11.5 Å². The molecule has 0 radical (unpaired) electrons. The zero-order valence-electron chi connectivity index (χ0n) is 16.7. The summed E-state index contributed by atoms with van der Waals surface area (Å²) in [6.07, 6.45) is 3.43. The number of benzene rings is 2. The number of urea groups is 1. The highest BCUT2D eigenvalue weighted by Gasteiger charge is 2.26. The van der Waals surface area contributed by atoms with Crippen LogP contribution in [-0.2, 0) is 0 Å². The van der Waals surface area contributed by atoms with Crippen LogP contribution in [0.2, 0.25) is 0 Å². The van der Waals surface area contributed by atoms with Crippen LogP contribution in [0.3, 0.4) is 0 Å². The van der Waals surface area contributed by atoms with E-state index in [1.807, 2.05) is 54.6 Å². The van der Waals surface area contributed by atoms with E-state index >= 15 is 0 Å². The fraction of sp³-hybridized carbons (Fsp3) is 0.435. The fourth-order valence-corrected chi connectivity index (χ4v) is 3.99. The van der Waals surface area contributed by atoms with Gasteiger partial charge in [-0.05, 0) is 62.5 Å². The molecule has 2 N–H and O–H groups in total. The molecule has 1 fully saturated rings. The first-order valence-corrected chi connectivity index (χ1v) is 10.5. The van der Waals surface area contributed by atoms with Gasteiger partial charge < -0.3 is 20.1 Å². The highest BCUT2D eigenvalue weighted by Crippen LogP contribution is 2.31. The van der Waals surface area contributed by atoms with Crippen LogP contribution in [-0.4, -0.2) is 49.8 Å². The number of para-hydroxylation sites is 3. The quantitative estimate of drug-likeness (QED) is 0.782. The van der Waals surface area contributed by atoms with E-state index in [0.29, 0.717) is 19.1 Å². The van der Waals surface area contributed by atoms with Crippen molar-refractivity contribution >= 4 is 11.7 Å². The van der Waals surface area contributed by atoms with Gasteiger partial charge in [-0.15, -0.1) is 0 Å². The van der Waals surface area contributed by atoms with Crippen molar-refractivity contribution in [2.75, 3.05) is 38.1 Å². The minimum absolute atomic E-state index is 0.0878. The van der Waals surface area contributed by atoms with E-state index in [0.717, 1.165) is 56.1 Å². The monoisotopic (exact) mass is 395 g/mol. The molecule has 0 aromatic heterocycles. The van der Waals surface area contributed by atoms with Crippen molar-refractivity contribution in [3.05, 3.63) is 54.6 Å². The molecule has 0 spiro atoms. The maximum atomic E-state index is 12.0. The lowest BCUT2D eigenvalue weighted by Gasteiger charge is -2.35. The summed E-state index contributed by atoms with van der Waals surface area (Å²) in [5.41, 5.74) is 0.815. The van der Waals surface area contributed by atoms with E-state index in [1.165, 1.54) is 0 Å². The van der Waals surface area contributed by atoms with Crippen molar-refractivity contribution in [1.82, 2.24) is 10.2 Å². The summed E-state index contributed by atoms with van der Waals surface area (Å²) in [5, 5.41) is 5.82. The maximum absolute atomic E-state index is 12.0. The number of fused-ring (bicyclic) bond motifs is 1. The van der Waals surface area contributed by atoms with Crippen LogP contribution >= 0.6 is 0 Å². The lowest BCUT2D eigenvalue weighted by molar-refractivity contribution is 0.0473. The summed E-state index contributed by atoms with van der Waals surface area (Å²) in [6.45, 7) is 4.36. The Morgan fingerprint density at radius 1 is 1.00 bits per heavy atom. The number of nitrogens with one attached hydrogen (secondary N) is 2. The molecule has 6 heteroatoms. The van der Waals surface area contributed by atoms with Crippen molar-refractivity contribution in [2.45, 2.75) is 25.4 Å². The van der Waals surface area contributed by atoms with Crippen LogP contribution in [0.1, 0.15) is 19.3 Å². The van der Waals surface area contributed by atoms with Crippen LogP contribution in [0.25, 0.3) is 0 Å². The van der Waals surface area contributed by atoms with Gasteiger partial charge in [-0.2, -0.15) is 0 Å². The van der Waals surface area contributed by atoms with Gasteiger partial charge in [0.2, 0.25) is 0 Å². The number of carbonyl (C=O) groups is 1. The first kappa shape index (κ1) is 19.6. The highest BCUT2D eigenvalue weighted by molar-refractivity contribution is 5.89. The van der Waals surface area contributed by atoms with Gasteiger partial charge in [0, 0.05) is 18.8 Å². The van der Waals surface area contributed by atoms with E-state index in [4.69, 9.17) is 9.47 Å². The van der Waals surface area contributed by atoms with Crippen molar-refractivity contribution in [3.63, 3.8) is 0 Å². The van der Waals surface area contributed by atoms with Gasteiger partial charge in [-0.25, -0.2) is 4.79 Å². The molecule has 2 aliphatic rings. The number of rotatable bonds is 6. The van der Waals surface area contributed by atoms with Crippen LogP contribution in [0.5, 0.6) is 11.5 Å². The molecule has 2 amide bonds. The molecular formula is C23H29N3O3. The van der Waals surface area contributed by atoms with Crippen LogP contribution < -0.4 is 20.1 Å². The van der Waals surface area contributed by atoms with Crippen molar-refractivity contribution in [1.29, 1.82) is 0 Å². The Morgan fingerprint density at radius 3 is 2.52 bits per heavy atom. The lowest BCUT2D eigenvalue weighted by atomic mass is 9.93. The molecule has 1 saturated heterocycles. The SMILES string of the molecule is O=C(NCCC1CCN(CC2COc3ccccc3O2)CC1)Nc1ccccc1. The van der Waals surface area contributed by atoms with Crippen molar-refractivity contribution < 1.29 is 14.3 Å². The van der Waals surface area contributed by atoms with Crippen molar-refractivity contribution in [2.24, 2.45) is 5.92 Å². The lowest BCUT2D eigenvalue weighted by Crippen LogP contribution is -2.44. The average molecular weight is 396 g/mol. The molecule has 6 nitrogen and oxygen atoms in total. The summed E-state index contributed by atoms with van der Waals surface area (Å²) in [6, 6.07) is 17.2. The Kier molecular flexibility index (Phi) is 6.52. The van der Waals surface area contributed by atoms with Gasteiger partial charge in [0.25, 0.3) is 0 Å². The first-order chi connectivity index (χ1) is 14.3. The number of ether oxygens (including phenoxy) is 2. The molecule has 0 saturated carbocycles. The van der Waals surface area contributed by atoms with E-state index < -0.39 is 0 Å². The minimum Gasteiger partial charge on any atom is -0.486 e. The van der Waals surface area contributed by atoms with Gasteiger partial charge in [0.1, 0.15) is 12.7 Å². The third kappa shape index (κ3) is 5.64. The summed E-state index contributed by atoms with van der Waals surface area (Å²) in [4.78, 5) is 14.4. The van der Waals surface area contributed by atoms with Gasteiger partial charge >= 0.3 is 6.03 Å². The topological polar surface area (TPSA) is 62.8 Å². The normalized spacial score (nSPS) is 19.5. The molecule has 0 aliphatic carbocycles.